The standard InChI is InChI=1S/C16H22N4O3S/c1-16(2,3)23-15(21)20-5-6-22-9-11(20)8-17-14-13-12(4-7-24-13)18-10-19-14/h4,7,10-11H,5-6,8-9H2,1-3H3,(H,17,18,19)/t11-/m1/s1. The highest BCUT2D eigenvalue weighted by molar-refractivity contribution is 7.17. The normalized spacial score (nSPS) is 18.6. The van der Waals surface area contributed by atoms with Gasteiger partial charge >= 0.3 is 6.09 Å². The lowest BCUT2D eigenvalue weighted by Gasteiger charge is -2.36. The molecule has 0 saturated carbocycles. The molecule has 0 unspecified atom stereocenters. The number of anilines is 1. The minimum atomic E-state index is -0.511. The van der Waals surface area contributed by atoms with Crippen molar-refractivity contribution in [2.45, 2.75) is 32.4 Å². The summed E-state index contributed by atoms with van der Waals surface area (Å²) < 4.78 is 12.0. The Labute approximate surface area is 145 Å². The van der Waals surface area contributed by atoms with E-state index in [4.69, 9.17) is 9.47 Å². The fourth-order valence-electron chi connectivity index (χ4n) is 2.51. The molecule has 7 nitrogen and oxygen atoms in total. The number of aromatic nitrogens is 2. The van der Waals surface area contributed by atoms with Crippen LogP contribution in [-0.4, -0.2) is 58.9 Å². The molecule has 0 aliphatic carbocycles. The summed E-state index contributed by atoms with van der Waals surface area (Å²) in [6, 6.07) is 1.86. The van der Waals surface area contributed by atoms with Crippen molar-refractivity contribution in [2.75, 3.05) is 31.6 Å². The first-order valence-electron chi connectivity index (χ1n) is 7.93. The van der Waals surface area contributed by atoms with Crippen molar-refractivity contribution in [1.29, 1.82) is 0 Å². The van der Waals surface area contributed by atoms with Crippen LogP contribution in [0.4, 0.5) is 10.6 Å². The van der Waals surface area contributed by atoms with Crippen LogP contribution in [0.2, 0.25) is 0 Å². The lowest BCUT2D eigenvalue weighted by atomic mass is 10.2. The third kappa shape index (κ3) is 3.93. The Hall–Kier alpha value is -1.93. The van der Waals surface area contributed by atoms with Crippen LogP contribution in [-0.2, 0) is 9.47 Å². The molecular formula is C16H22N4O3S. The van der Waals surface area contributed by atoms with Gasteiger partial charge in [-0.15, -0.1) is 11.3 Å². The number of morpholine rings is 1. The van der Waals surface area contributed by atoms with E-state index >= 15 is 0 Å². The Morgan fingerprint density at radius 3 is 3.12 bits per heavy atom. The van der Waals surface area contributed by atoms with Gasteiger partial charge in [-0.05, 0) is 32.2 Å². The molecule has 1 saturated heterocycles. The molecule has 8 heteroatoms. The van der Waals surface area contributed by atoms with Gasteiger partial charge in [0, 0.05) is 13.1 Å². The van der Waals surface area contributed by atoms with Crippen LogP contribution in [0.25, 0.3) is 10.2 Å². The SMILES string of the molecule is CC(C)(C)OC(=O)N1CCOC[C@H]1CNc1ncnc2ccsc12. The van der Waals surface area contributed by atoms with Gasteiger partial charge in [-0.1, -0.05) is 0 Å². The van der Waals surface area contributed by atoms with Gasteiger partial charge in [0.1, 0.15) is 17.7 Å². The van der Waals surface area contributed by atoms with Gasteiger partial charge in [0.15, 0.2) is 0 Å². The van der Waals surface area contributed by atoms with Crippen molar-refractivity contribution in [3.8, 4) is 0 Å². The van der Waals surface area contributed by atoms with Crippen molar-refractivity contribution in [2.24, 2.45) is 0 Å². The van der Waals surface area contributed by atoms with Gasteiger partial charge in [-0.3, -0.25) is 4.90 Å². The fourth-order valence-corrected chi connectivity index (χ4v) is 3.33. The van der Waals surface area contributed by atoms with Crippen LogP contribution in [0.1, 0.15) is 20.8 Å². The minimum Gasteiger partial charge on any atom is -0.444 e. The topological polar surface area (TPSA) is 76.6 Å². The summed E-state index contributed by atoms with van der Waals surface area (Å²) in [5.41, 5.74) is 0.407. The molecule has 1 aliphatic rings. The van der Waals surface area contributed by atoms with Gasteiger partial charge in [-0.2, -0.15) is 0 Å². The lowest BCUT2D eigenvalue weighted by molar-refractivity contribution is -0.0291. The molecule has 3 heterocycles. The highest BCUT2D eigenvalue weighted by atomic mass is 32.1. The number of nitrogens with one attached hydrogen (secondary N) is 1. The summed E-state index contributed by atoms with van der Waals surface area (Å²) in [6.07, 6.45) is 1.24. The summed E-state index contributed by atoms with van der Waals surface area (Å²) in [5, 5.41) is 5.31. The zero-order valence-electron chi connectivity index (χ0n) is 14.1. The van der Waals surface area contributed by atoms with Gasteiger partial charge in [0.2, 0.25) is 0 Å². The maximum absolute atomic E-state index is 12.4. The van der Waals surface area contributed by atoms with E-state index in [1.54, 1.807) is 22.6 Å². The molecule has 0 aromatic carbocycles. The molecule has 1 fully saturated rings. The van der Waals surface area contributed by atoms with Gasteiger partial charge in [0.25, 0.3) is 0 Å². The van der Waals surface area contributed by atoms with Crippen molar-refractivity contribution in [3.63, 3.8) is 0 Å². The zero-order valence-corrected chi connectivity index (χ0v) is 14.9. The average Bonchev–Trinajstić information content (AvgIpc) is 3.00. The number of ether oxygens (including phenoxy) is 2. The minimum absolute atomic E-state index is 0.0985. The number of hydrogen-bond acceptors (Lipinski definition) is 7. The smallest absolute Gasteiger partial charge is 0.410 e. The van der Waals surface area contributed by atoms with Crippen molar-refractivity contribution in [1.82, 2.24) is 14.9 Å². The first kappa shape index (κ1) is 16.9. The fraction of sp³-hybridized carbons (Fsp3) is 0.562. The monoisotopic (exact) mass is 350 g/mol. The van der Waals surface area contributed by atoms with Crippen LogP contribution in [0, 0.1) is 0 Å². The Kier molecular flexibility index (Phi) is 4.86. The number of thiophene rings is 1. The van der Waals surface area contributed by atoms with Crippen molar-refractivity contribution in [3.05, 3.63) is 17.8 Å². The number of nitrogens with zero attached hydrogens (tertiary/aromatic N) is 3. The summed E-state index contributed by atoms with van der Waals surface area (Å²) in [5.74, 6) is 0.782. The summed E-state index contributed by atoms with van der Waals surface area (Å²) in [4.78, 5) is 22.7. The molecule has 130 valence electrons. The maximum atomic E-state index is 12.4. The Bertz CT molecular complexity index is 713. The van der Waals surface area contributed by atoms with E-state index in [1.165, 1.54) is 0 Å². The molecule has 1 aliphatic heterocycles. The predicted octanol–water partition coefficient (Wildman–Crippen LogP) is 2.74. The van der Waals surface area contributed by atoms with Crippen LogP contribution < -0.4 is 5.32 Å². The number of amides is 1. The summed E-state index contributed by atoms with van der Waals surface area (Å²) in [6.45, 7) is 7.68. The van der Waals surface area contributed by atoms with Crippen LogP contribution in [0.3, 0.4) is 0 Å². The molecule has 0 spiro atoms. The average molecular weight is 350 g/mol. The first-order chi connectivity index (χ1) is 11.4. The van der Waals surface area contributed by atoms with E-state index in [0.29, 0.717) is 26.3 Å². The molecule has 24 heavy (non-hydrogen) atoms. The third-order valence-electron chi connectivity index (χ3n) is 3.60. The summed E-state index contributed by atoms with van der Waals surface area (Å²) >= 11 is 1.59. The van der Waals surface area contributed by atoms with Gasteiger partial charge in [0.05, 0.1) is 29.5 Å². The summed E-state index contributed by atoms with van der Waals surface area (Å²) in [7, 11) is 0. The Balaban J connectivity index is 1.68. The molecule has 0 bridgehead atoms. The number of carbonyl (C=O) groups is 1. The molecule has 0 radical (unpaired) electrons. The number of hydrogen-bond donors (Lipinski definition) is 1. The quantitative estimate of drug-likeness (QED) is 0.917. The van der Waals surface area contributed by atoms with Gasteiger partial charge < -0.3 is 14.8 Å². The predicted molar refractivity (Wildman–Crippen MR) is 93.5 cm³/mol. The zero-order chi connectivity index (χ0) is 17.2. The molecule has 1 N–H and O–H groups in total. The van der Waals surface area contributed by atoms with E-state index in [2.05, 4.69) is 15.3 Å². The van der Waals surface area contributed by atoms with E-state index < -0.39 is 5.60 Å². The second kappa shape index (κ2) is 6.90. The first-order valence-corrected chi connectivity index (χ1v) is 8.81. The van der Waals surface area contributed by atoms with Crippen molar-refractivity contribution >= 4 is 33.5 Å². The molecule has 2 aromatic rings. The molecule has 3 rings (SSSR count). The number of fused-ring (bicyclic) bond motifs is 1. The van der Waals surface area contributed by atoms with E-state index in [9.17, 15) is 4.79 Å². The Morgan fingerprint density at radius 2 is 2.33 bits per heavy atom. The van der Waals surface area contributed by atoms with E-state index in [-0.39, 0.29) is 12.1 Å². The second-order valence-electron chi connectivity index (χ2n) is 6.64. The van der Waals surface area contributed by atoms with Crippen LogP contribution in [0.15, 0.2) is 17.8 Å². The Morgan fingerprint density at radius 1 is 1.50 bits per heavy atom. The van der Waals surface area contributed by atoms with Crippen LogP contribution in [0.5, 0.6) is 0 Å². The molecular weight excluding hydrogens is 328 g/mol. The van der Waals surface area contributed by atoms with E-state index in [1.807, 2.05) is 32.2 Å². The molecule has 1 amide bonds. The van der Waals surface area contributed by atoms with E-state index in [0.717, 1.165) is 16.0 Å². The highest BCUT2D eigenvalue weighted by Gasteiger charge is 2.31. The lowest BCUT2D eigenvalue weighted by Crippen LogP contribution is -2.53. The van der Waals surface area contributed by atoms with Crippen molar-refractivity contribution < 1.29 is 14.3 Å². The molecule has 2 aromatic heterocycles. The van der Waals surface area contributed by atoms with Crippen LogP contribution >= 0.6 is 11.3 Å². The number of carbonyl (C=O) groups excluding carboxylic acids is 1. The van der Waals surface area contributed by atoms with Gasteiger partial charge in [-0.25, -0.2) is 14.8 Å². The maximum Gasteiger partial charge on any atom is 0.410 e. The molecule has 1 atom stereocenters. The highest BCUT2D eigenvalue weighted by Crippen LogP contribution is 2.25. The number of rotatable bonds is 3. The second-order valence-corrected chi connectivity index (χ2v) is 7.56. The largest absolute Gasteiger partial charge is 0.444 e. The third-order valence-corrected chi connectivity index (χ3v) is 4.51.